The van der Waals surface area contributed by atoms with Gasteiger partial charge in [-0.2, -0.15) is 5.10 Å². The highest BCUT2D eigenvalue weighted by Gasteiger charge is 2.28. The number of pyridine rings is 1. The molecule has 1 amide bonds. The van der Waals surface area contributed by atoms with E-state index >= 15 is 0 Å². The second kappa shape index (κ2) is 8.47. The van der Waals surface area contributed by atoms with Crippen LogP contribution in [-0.2, 0) is 6.54 Å². The van der Waals surface area contributed by atoms with Crippen LogP contribution < -0.4 is 10.1 Å². The van der Waals surface area contributed by atoms with E-state index in [9.17, 15) is 4.79 Å². The van der Waals surface area contributed by atoms with Crippen molar-refractivity contribution in [1.82, 2.24) is 20.1 Å². The van der Waals surface area contributed by atoms with Crippen molar-refractivity contribution in [2.24, 2.45) is 0 Å². The molecule has 1 saturated carbocycles. The van der Waals surface area contributed by atoms with Crippen LogP contribution in [0.5, 0.6) is 5.75 Å². The number of aromatic nitrogens is 3. The van der Waals surface area contributed by atoms with Crippen LogP contribution in [0.4, 0.5) is 0 Å². The number of carbonyl (C=O) groups excluding carboxylic acids is 1. The van der Waals surface area contributed by atoms with Gasteiger partial charge in [0.2, 0.25) is 0 Å². The van der Waals surface area contributed by atoms with Crippen molar-refractivity contribution in [3.63, 3.8) is 0 Å². The van der Waals surface area contributed by atoms with E-state index in [1.807, 2.05) is 48.9 Å². The van der Waals surface area contributed by atoms with Crippen molar-refractivity contribution in [1.29, 1.82) is 0 Å². The predicted octanol–water partition coefficient (Wildman–Crippen LogP) is 4.04. The maximum atomic E-state index is 12.4. The molecule has 0 saturated heterocycles. The van der Waals surface area contributed by atoms with Gasteiger partial charge in [-0.3, -0.25) is 14.5 Å². The average molecular weight is 390 g/mol. The summed E-state index contributed by atoms with van der Waals surface area (Å²) in [7, 11) is 0. The SMILES string of the molecule is CC(C)Oc1ccc(C(=O)NCCn2nc(-c3ccccn3)cc2C2CC2)cc1. The van der Waals surface area contributed by atoms with Crippen LogP contribution >= 0.6 is 0 Å². The Bertz CT molecular complexity index is 960. The second-order valence-electron chi connectivity index (χ2n) is 7.61. The van der Waals surface area contributed by atoms with Crippen LogP contribution in [0.2, 0.25) is 0 Å². The first-order valence-electron chi connectivity index (χ1n) is 10.1. The summed E-state index contributed by atoms with van der Waals surface area (Å²) in [6.07, 6.45) is 4.29. The van der Waals surface area contributed by atoms with Gasteiger partial charge in [0.05, 0.1) is 18.3 Å². The fourth-order valence-corrected chi connectivity index (χ4v) is 3.29. The topological polar surface area (TPSA) is 69.0 Å². The number of benzene rings is 1. The van der Waals surface area contributed by atoms with E-state index in [1.54, 1.807) is 18.3 Å². The lowest BCUT2D eigenvalue weighted by Crippen LogP contribution is -2.27. The Labute approximate surface area is 170 Å². The number of nitrogens with one attached hydrogen (secondary N) is 1. The first-order valence-corrected chi connectivity index (χ1v) is 10.1. The Kier molecular flexibility index (Phi) is 5.60. The minimum absolute atomic E-state index is 0.0915. The smallest absolute Gasteiger partial charge is 0.251 e. The molecule has 4 rings (SSSR count). The van der Waals surface area contributed by atoms with E-state index in [1.165, 1.54) is 18.5 Å². The van der Waals surface area contributed by atoms with Crippen LogP contribution in [0.15, 0.2) is 54.7 Å². The molecule has 0 radical (unpaired) electrons. The zero-order valence-corrected chi connectivity index (χ0v) is 16.8. The Morgan fingerprint density at radius 1 is 1.17 bits per heavy atom. The van der Waals surface area contributed by atoms with E-state index in [0.717, 1.165) is 17.1 Å². The minimum Gasteiger partial charge on any atom is -0.491 e. The Morgan fingerprint density at radius 2 is 1.97 bits per heavy atom. The summed E-state index contributed by atoms with van der Waals surface area (Å²) in [6.45, 7) is 5.11. The highest BCUT2D eigenvalue weighted by Crippen LogP contribution is 2.41. The maximum absolute atomic E-state index is 12.4. The lowest BCUT2D eigenvalue weighted by molar-refractivity contribution is 0.0952. The average Bonchev–Trinajstić information content (AvgIpc) is 3.48. The fraction of sp³-hybridized carbons (Fsp3) is 0.348. The van der Waals surface area contributed by atoms with Crippen molar-refractivity contribution in [3.8, 4) is 17.1 Å². The van der Waals surface area contributed by atoms with Gasteiger partial charge in [-0.25, -0.2) is 0 Å². The number of hydrogen-bond acceptors (Lipinski definition) is 4. The number of amides is 1. The molecule has 1 aliphatic carbocycles. The maximum Gasteiger partial charge on any atom is 0.251 e. The number of nitrogens with zero attached hydrogens (tertiary/aromatic N) is 3. The van der Waals surface area contributed by atoms with Gasteiger partial charge in [0.15, 0.2) is 0 Å². The third-order valence-electron chi connectivity index (χ3n) is 4.83. The van der Waals surface area contributed by atoms with E-state index in [0.29, 0.717) is 24.6 Å². The molecule has 1 fully saturated rings. The molecule has 2 aromatic heterocycles. The molecule has 0 aliphatic heterocycles. The number of ether oxygens (including phenoxy) is 1. The van der Waals surface area contributed by atoms with Crippen molar-refractivity contribution < 1.29 is 9.53 Å². The Balaban J connectivity index is 1.38. The molecule has 1 N–H and O–H groups in total. The van der Waals surface area contributed by atoms with Crippen molar-refractivity contribution in [3.05, 3.63) is 66.0 Å². The van der Waals surface area contributed by atoms with Gasteiger partial charge in [-0.15, -0.1) is 0 Å². The quantitative estimate of drug-likeness (QED) is 0.630. The Hall–Kier alpha value is -3.15. The molecule has 6 nitrogen and oxygen atoms in total. The first kappa shape index (κ1) is 19.2. The summed E-state index contributed by atoms with van der Waals surface area (Å²) in [6, 6.07) is 15.2. The van der Waals surface area contributed by atoms with E-state index in [2.05, 4.69) is 16.4 Å². The normalized spacial score (nSPS) is 13.5. The third-order valence-corrected chi connectivity index (χ3v) is 4.83. The van der Waals surface area contributed by atoms with E-state index < -0.39 is 0 Å². The lowest BCUT2D eigenvalue weighted by atomic mass is 10.2. The van der Waals surface area contributed by atoms with Gasteiger partial charge in [0, 0.05) is 29.9 Å². The summed E-state index contributed by atoms with van der Waals surface area (Å²) >= 11 is 0. The zero-order chi connectivity index (χ0) is 20.2. The monoisotopic (exact) mass is 390 g/mol. The van der Waals surface area contributed by atoms with Crippen LogP contribution in [0, 0.1) is 0 Å². The zero-order valence-electron chi connectivity index (χ0n) is 16.8. The van der Waals surface area contributed by atoms with Crippen LogP contribution in [-0.4, -0.2) is 33.3 Å². The van der Waals surface area contributed by atoms with Gasteiger partial charge in [0.1, 0.15) is 11.4 Å². The minimum atomic E-state index is -0.0915. The second-order valence-corrected chi connectivity index (χ2v) is 7.61. The molecule has 1 aliphatic rings. The summed E-state index contributed by atoms with van der Waals surface area (Å²) in [5.74, 6) is 1.25. The lowest BCUT2D eigenvalue weighted by Gasteiger charge is -2.11. The molecular weight excluding hydrogens is 364 g/mol. The van der Waals surface area contributed by atoms with E-state index in [4.69, 9.17) is 9.84 Å². The molecule has 29 heavy (non-hydrogen) atoms. The summed E-state index contributed by atoms with van der Waals surface area (Å²) in [5, 5.41) is 7.72. The standard InChI is InChI=1S/C23H26N4O2/c1-16(2)29-19-10-8-18(9-11-19)23(28)25-13-14-27-22(17-6-7-17)15-21(26-27)20-5-3-4-12-24-20/h3-5,8-12,15-17H,6-7,13-14H2,1-2H3,(H,25,28). The molecule has 0 spiro atoms. The molecule has 150 valence electrons. The molecule has 6 heteroatoms. The summed E-state index contributed by atoms with van der Waals surface area (Å²) in [5.41, 5.74) is 3.62. The molecule has 0 atom stereocenters. The number of carbonyl (C=O) groups is 1. The highest BCUT2D eigenvalue weighted by atomic mass is 16.5. The largest absolute Gasteiger partial charge is 0.491 e. The van der Waals surface area contributed by atoms with Gasteiger partial charge < -0.3 is 10.1 Å². The highest BCUT2D eigenvalue weighted by molar-refractivity contribution is 5.94. The van der Waals surface area contributed by atoms with Crippen LogP contribution in [0.1, 0.15) is 48.7 Å². The molecule has 3 aromatic rings. The fourth-order valence-electron chi connectivity index (χ4n) is 3.29. The molecule has 0 unspecified atom stereocenters. The van der Waals surface area contributed by atoms with Crippen LogP contribution in [0.25, 0.3) is 11.4 Å². The molecule has 2 heterocycles. The van der Waals surface area contributed by atoms with Crippen molar-refractivity contribution in [2.45, 2.75) is 45.3 Å². The van der Waals surface area contributed by atoms with Gasteiger partial charge in [-0.05, 0) is 69.2 Å². The summed E-state index contributed by atoms with van der Waals surface area (Å²) < 4.78 is 7.64. The molecular formula is C23H26N4O2. The molecule has 1 aromatic carbocycles. The third kappa shape index (κ3) is 4.83. The van der Waals surface area contributed by atoms with Gasteiger partial charge >= 0.3 is 0 Å². The number of hydrogen-bond donors (Lipinski definition) is 1. The van der Waals surface area contributed by atoms with Crippen LogP contribution in [0.3, 0.4) is 0 Å². The predicted molar refractivity (Wildman–Crippen MR) is 112 cm³/mol. The summed E-state index contributed by atoms with van der Waals surface area (Å²) in [4.78, 5) is 16.8. The number of rotatable bonds is 8. The van der Waals surface area contributed by atoms with Gasteiger partial charge in [-0.1, -0.05) is 6.07 Å². The Morgan fingerprint density at radius 3 is 2.62 bits per heavy atom. The van der Waals surface area contributed by atoms with E-state index in [-0.39, 0.29) is 12.0 Å². The van der Waals surface area contributed by atoms with Crippen molar-refractivity contribution >= 4 is 5.91 Å². The first-order chi connectivity index (χ1) is 14.1. The van der Waals surface area contributed by atoms with Crippen molar-refractivity contribution in [2.75, 3.05) is 6.54 Å². The molecule has 0 bridgehead atoms. The van der Waals surface area contributed by atoms with Gasteiger partial charge in [0.25, 0.3) is 5.91 Å².